The Morgan fingerprint density at radius 2 is 1.91 bits per heavy atom. The van der Waals surface area contributed by atoms with Gasteiger partial charge in [-0.3, -0.25) is 10.0 Å². The van der Waals surface area contributed by atoms with E-state index in [-0.39, 0.29) is 4.58 Å². The third-order valence-corrected chi connectivity index (χ3v) is 1.34. The molecule has 0 radical (unpaired) electrons. The molecule has 0 aliphatic carbocycles. The van der Waals surface area contributed by atoms with Gasteiger partial charge in [-0.25, -0.2) is 0 Å². The van der Waals surface area contributed by atoms with Gasteiger partial charge in [-0.1, -0.05) is 18.2 Å². The van der Waals surface area contributed by atoms with Crippen molar-refractivity contribution in [3.63, 3.8) is 0 Å². The fraction of sp³-hybridized carbons (Fsp3) is 0. The summed E-state index contributed by atoms with van der Waals surface area (Å²) in [5.41, 5.74) is 0.352. The van der Waals surface area contributed by atoms with Crippen LogP contribution in [0.4, 0.5) is 0 Å². The molecule has 0 aliphatic heterocycles. The van der Waals surface area contributed by atoms with E-state index in [1.54, 1.807) is 30.3 Å². The molecule has 0 atom stereocenters. The molecule has 1 aromatic carbocycles. The van der Waals surface area contributed by atoms with Crippen molar-refractivity contribution in [2.75, 3.05) is 0 Å². The highest BCUT2D eigenvalue weighted by Crippen LogP contribution is 2.03. The zero-order valence-electron chi connectivity index (χ0n) is 5.57. The van der Waals surface area contributed by atoms with E-state index in [4.69, 9.17) is 17.0 Å². The van der Waals surface area contributed by atoms with Crippen LogP contribution in [0.15, 0.2) is 30.3 Å². The van der Waals surface area contributed by atoms with Crippen molar-refractivity contribution in [1.29, 1.82) is 0 Å². The Labute approximate surface area is 68.9 Å². The van der Waals surface area contributed by atoms with Crippen LogP contribution in [0.5, 0.6) is 0 Å². The highest BCUT2D eigenvalue weighted by Gasteiger charge is 2.09. The predicted octanol–water partition coefficient (Wildman–Crippen LogP) is 1.67. The zero-order chi connectivity index (χ0) is 8.27. The first-order valence-corrected chi connectivity index (χ1v) is 3.30. The molecule has 1 rings (SSSR count). The SMILES string of the molecule is O=C(c1ccccc1)N(O)Cl. The molecule has 0 saturated heterocycles. The molecule has 0 unspecified atom stereocenters. The quantitative estimate of drug-likeness (QED) is 0.397. The topological polar surface area (TPSA) is 40.5 Å². The molecule has 58 valence electrons. The summed E-state index contributed by atoms with van der Waals surface area (Å²) in [6.45, 7) is 0. The summed E-state index contributed by atoms with van der Waals surface area (Å²) in [6, 6.07) is 8.27. The van der Waals surface area contributed by atoms with Crippen molar-refractivity contribution in [3.8, 4) is 0 Å². The Kier molecular flexibility index (Phi) is 2.46. The maximum absolute atomic E-state index is 10.9. The maximum Gasteiger partial charge on any atom is 0.292 e. The van der Waals surface area contributed by atoms with Gasteiger partial charge in [-0.05, 0) is 12.1 Å². The summed E-state index contributed by atoms with van der Waals surface area (Å²) in [5.74, 6) is -0.632. The van der Waals surface area contributed by atoms with Gasteiger partial charge in [0.05, 0.1) is 0 Å². The molecule has 1 aromatic rings. The molecule has 11 heavy (non-hydrogen) atoms. The Bertz CT molecular complexity index is 248. The molecule has 0 bridgehead atoms. The number of rotatable bonds is 1. The molecule has 4 heteroatoms. The van der Waals surface area contributed by atoms with Crippen molar-refractivity contribution < 1.29 is 10.0 Å². The van der Waals surface area contributed by atoms with Gasteiger partial charge in [-0.15, -0.1) is 4.58 Å². The molecule has 0 aliphatic rings. The number of benzene rings is 1. The second-order valence-electron chi connectivity index (χ2n) is 1.93. The minimum absolute atomic E-state index is 0.0370. The van der Waals surface area contributed by atoms with Crippen molar-refractivity contribution in [1.82, 2.24) is 4.58 Å². The lowest BCUT2D eigenvalue weighted by Crippen LogP contribution is -2.16. The van der Waals surface area contributed by atoms with E-state index in [0.717, 1.165) is 0 Å². The minimum Gasteiger partial charge on any atom is -0.270 e. The number of hydrogen-bond donors (Lipinski definition) is 1. The van der Waals surface area contributed by atoms with Crippen LogP contribution in [0.25, 0.3) is 0 Å². The van der Waals surface area contributed by atoms with Gasteiger partial charge in [0.2, 0.25) is 0 Å². The Morgan fingerprint density at radius 3 is 2.36 bits per heavy atom. The first kappa shape index (κ1) is 8.04. The summed E-state index contributed by atoms with van der Waals surface area (Å²) in [4.78, 5) is 10.9. The Balaban J connectivity index is 2.86. The molecule has 1 N–H and O–H groups in total. The van der Waals surface area contributed by atoms with Crippen LogP contribution in [0.3, 0.4) is 0 Å². The van der Waals surface area contributed by atoms with E-state index in [2.05, 4.69) is 0 Å². The summed E-state index contributed by atoms with van der Waals surface area (Å²) in [5, 5.41) is 8.52. The zero-order valence-corrected chi connectivity index (χ0v) is 6.32. The lowest BCUT2D eigenvalue weighted by Gasteiger charge is -2.03. The summed E-state index contributed by atoms with van der Waals surface area (Å²) < 4.78 is 0.0370. The van der Waals surface area contributed by atoms with Crippen LogP contribution in [-0.2, 0) is 0 Å². The normalized spacial score (nSPS) is 9.27. The molecule has 0 heterocycles. The van der Waals surface area contributed by atoms with Crippen LogP contribution in [0.2, 0.25) is 0 Å². The van der Waals surface area contributed by atoms with Gasteiger partial charge >= 0.3 is 0 Å². The molecular weight excluding hydrogens is 166 g/mol. The number of hydrogen-bond acceptors (Lipinski definition) is 2. The third-order valence-electron chi connectivity index (χ3n) is 1.19. The van der Waals surface area contributed by atoms with Crippen LogP contribution < -0.4 is 0 Å². The van der Waals surface area contributed by atoms with Gasteiger partial charge in [0.1, 0.15) is 0 Å². The number of halogens is 1. The van der Waals surface area contributed by atoms with E-state index in [9.17, 15) is 4.79 Å². The summed E-state index contributed by atoms with van der Waals surface area (Å²) >= 11 is 5.00. The fourth-order valence-electron chi connectivity index (χ4n) is 0.687. The van der Waals surface area contributed by atoms with Gasteiger partial charge in [-0.2, -0.15) is 0 Å². The molecule has 3 nitrogen and oxygen atoms in total. The largest absolute Gasteiger partial charge is 0.292 e. The average Bonchev–Trinajstić information content (AvgIpc) is 2.05. The van der Waals surface area contributed by atoms with Crippen LogP contribution in [0.1, 0.15) is 10.4 Å². The lowest BCUT2D eigenvalue weighted by molar-refractivity contribution is 0.00924. The Morgan fingerprint density at radius 1 is 1.36 bits per heavy atom. The monoisotopic (exact) mass is 171 g/mol. The number of carbonyl (C=O) groups is 1. The second kappa shape index (κ2) is 3.37. The van der Waals surface area contributed by atoms with Crippen molar-refractivity contribution in [3.05, 3.63) is 35.9 Å². The molecular formula is C7H6ClNO2. The van der Waals surface area contributed by atoms with E-state index in [1.807, 2.05) is 0 Å². The fourth-order valence-corrected chi connectivity index (χ4v) is 0.785. The van der Waals surface area contributed by atoms with Crippen LogP contribution >= 0.6 is 11.8 Å². The predicted molar refractivity (Wildman–Crippen MR) is 40.3 cm³/mol. The van der Waals surface area contributed by atoms with Gasteiger partial charge in [0.15, 0.2) is 0 Å². The van der Waals surface area contributed by atoms with Crippen LogP contribution in [-0.4, -0.2) is 15.7 Å². The minimum atomic E-state index is -0.632. The molecule has 0 saturated carbocycles. The molecule has 1 amide bonds. The Hall–Kier alpha value is -1.06. The lowest BCUT2D eigenvalue weighted by atomic mass is 10.2. The number of nitrogens with zero attached hydrogens (tertiary/aromatic N) is 1. The first-order chi connectivity index (χ1) is 5.22. The van der Waals surface area contributed by atoms with Crippen LogP contribution in [0, 0.1) is 0 Å². The smallest absolute Gasteiger partial charge is 0.270 e. The van der Waals surface area contributed by atoms with Gasteiger partial charge in [0, 0.05) is 17.3 Å². The van der Waals surface area contributed by atoms with E-state index in [0.29, 0.717) is 5.56 Å². The number of amides is 1. The van der Waals surface area contributed by atoms with Gasteiger partial charge in [0.25, 0.3) is 5.91 Å². The number of hydroxylamine groups is 1. The first-order valence-electron chi connectivity index (χ1n) is 2.96. The van der Waals surface area contributed by atoms with Crippen molar-refractivity contribution in [2.45, 2.75) is 0 Å². The average molecular weight is 172 g/mol. The highest BCUT2D eigenvalue weighted by atomic mass is 35.5. The van der Waals surface area contributed by atoms with E-state index < -0.39 is 5.91 Å². The second-order valence-corrected chi connectivity index (χ2v) is 2.25. The summed E-state index contributed by atoms with van der Waals surface area (Å²) in [6.07, 6.45) is 0. The summed E-state index contributed by atoms with van der Waals surface area (Å²) in [7, 11) is 0. The molecule has 0 spiro atoms. The van der Waals surface area contributed by atoms with Gasteiger partial charge < -0.3 is 0 Å². The third kappa shape index (κ3) is 1.93. The number of carbonyl (C=O) groups excluding carboxylic acids is 1. The van der Waals surface area contributed by atoms with Crippen molar-refractivity contribution in [2.24, 2.45) is 0 Å². The van der Waals surface area contributed by atoms with E-state index in [1.165, 1.54) is 0 Å². The maximum atomic E-state index is 10.9. The standard InChI is InChI=1S/C7H6ClNO2/c8-9(11)7(10)6-4-2-1-3-5-6/h1-5,11H. The van der Waals surface area contributed by atoms with Crippen molar-refractivity contribution >= 4 is 17.7 Å². The van der Waals surface area contributed by atoms with E-state index >= 15 is 0 Å². The molecule has 0 aromatic heterocycles. The molecule has 0 fully saturated rings. The highest BCUT2D eigenvalue weighted by molar-refractivity contribution is 6.22.